The highest BCUT2D eigenvalue weighted by Crippen LogP contribution is 2.22. The topological polar surface area (TPSA) is 68.5 Å². The van der Waals surface area contributed by atoms with Gasteiger partial charge in [-0.2, -0.15) is 0 Å². The molecule has 6 heteroatoms. The van der Waals surface area contributed by atoms with Crippen LogP contribution in [0.25, 0.3) is 11.5 Å². The molecule has 1 aromatic heterocycles. The van der Waals surface area contributed by atoms with Crippen LogP contribution in [0.1, 0.15) is 10.7 Å². The van der Waals surface area contributed by atoms with Gasteiger partial charge in [0.1, 0.15) is 5.75 Å². The lowest BCUT2D eigenvalue weighted by molar-refractivity contribution is 0.0960. The van der Waals surface area contributed by atoms with E-state index in [1.807, 2.05) is 30.3 Å². The van der Waals surface area contributed by atoms with Gasteiger partial charge in [-0.15, -0.1) is 10.2 Å². The number of anilines is 1. The van der Waals surface area contributed by atoms with E-state index in [0.29, 0.717) is 0 Å². The maximum atomic E-state index is 12.4. The SMILES string of the molecule is COc1ccc(-c2nnc(C(=O)N(C)c3ccccc3)o2)cc1. The predicted octanol–water partition coefficient (Wildman–Crippen LogP) is 3.02. The van der Waals surface area contributed by atoms with Crippen molar-refractivity contribution in [1.29, 1.82) is 0 Å². The summed E-state index contributed by atoms with van der Waals surface area (Å²) in [4.78, 5) is 13.9. The summed E-state index contributed by atoms with van der Waals surface area (Å²) < 4.78 is 10.6. The second-order valence-corrected chi connectivity index (χ2v) is 4.84. The van der Waals surface area contributed by atoms with Crippen LogP contribution in [0.5, 0.6) is 5.75 Å². The van der Waals surface area contributed by atoms with Crippen molar-refractivity contribution in [3.8, 4) is 17.2 Å². The molecule has 23 heavy (non-hydrogen) atoms. The van der Waals surface area contributed by atoms with Gasteiger partial charge in [0.2, 0.25) is 5.89 Å². The molecule has 0 aliphatic heterocycles. The third kappa shape index (κ3) is 3.06. The van der Waals surface area contributed by atoms with Crippen molar-refractivity contribution in [2.24, 2.45) is 0 Å². The monoisotopic (exact) mass is 309 g/mol. The molecule has 1 heterocycles. The summed E-state index contributed by atoms with van der Waals surface area (Å²) in [6, 6.07) is 16.4. The Morgan fingerprint density at radius 1 is 1.04 bits per heavy atom. The van der Waals surface area contributed by atoms with E-state index in [1.165, 1.54) is 4.90 Å². The maximum absolute atomic E-state index is 12.4. The standard InChI is InChI=1S/C17H15N3O3/c1-20(13-6-4-3-5-7-13)17(21)16-19-18-15(23-16)12-8-10-14(22-2)11-9-12/h3-11H,1-2H3. The van der Waals surface area contributed by atoms with Gasteiger partial charge >= 0.3 is 11.8 Å². The quantitative estimate of drug-likeness (QED) is 0.741. The zero-order valence-electron chi connectivity index (χ0n) is 12.8. The molecule has 0 atom stereocenters. The molecule has 0 aliphatic rings. The average Bonchev–Trinajstić information content (AvgIpc) is 3.11. The molecule has 0 bridgehead atoms. The van der Waals surface area contributed by atoms with Gasteiger partial charge in [-0.1, -0.05) is 18.2 Å². The lowest BCUT2D eigenvalue weighted by Gasteiger charge is -2.14. The minimum atomic E-state index is -0.358. The van der Waals surface area contributed by atoms with Gasteiger partial charge < -0.3 is 14.1 Å². The number of hydrogen-bond acceptors (Lipinski definition) is 5. The number of aromatic nitrogens is 2. The number of hydrogen-bond donors (Lipinski definition) is 0. The van der Waals surface area contributed by atoms with Crippen LogP contribution in [0, 0.1) is 0 Å². The molecule has 1 amide bonds. The molecule has 2 aromatic carbocycles. The number of benzene rings is 2. The van der Waals surface area contributed by atoms with Gasteiger partial charge in [0.25, 0.3) is 0 Å². The minimum Gasteiger partial charge on any atom is -0.497 e. The number of carbonyl (C=O) groups excluding carboxylic acids is 1. The Bertz CT molecular complexity index is 797. The van der Waals surface area contributed by atoms with Crippen molar-refractivity contribution in [3.05, 3.63) is 60.5 Å². The first-order valence-corrected chi connectivity index (χ1v) is 7.00. The van der Waals surface area contributed by atoms with Crippen molar-refractivity contribution in [1.82, 2.24) is 10.2 Å². The summed E-state index contributed by atoms with van der Waals surface area (Å²) in [7, 11) is 3.26. The van der Waals surface area contributed by atoms with E-state index >= 15 is 0 Å². The first-order valence-electron chi connectivity index (χ1n) is 7.00. The highest BCUT2D eigenvalue weighted by molar-refractivity contribution is 6.02. The first kappa shape index (κ1) is 14.8. The van der Waals surface area contributed by atoms with E-state index in [2.05, 4.69) is 10.2 Å². The summed E-state index contributed by atoms with van der Waals surface area (Å²) in [5.74, 6) is 0.608. The normalized spacial score (nSPS) is 10.3. The fraction of sp³-hybridized carbons (Fsp3) is 0.118. The van der Waals surface area contributed by atoms with Crippen LogP contribution in [0.4, 0.5) is 5.69 Å². The van der Waals surface area contributed by atoms with Crippen molar-refractivity contribution >= 4 is 11.6 Å². The summed E-state index contributed by atoms with van der Waals surface area (Å²) in [5.41, 5.74) is 1.47. The van der Waals surface area contributed by atoms with Gasteiger partial charge in [-0.25, -0.2) is 0 Å². The number of nitrogens with zero attached hydrogens (tertiary/aromatic N) is 3. The largest absolute Gasteiger partial charge is 0.497 e. The third-order valence-corrected chi connectivity index (χ3v) is 3.39. The molecule has 0 unspecified atom stereocenters. The summed E-state index contributed by atoms with van der Waals surface area (Å²) in [6.07, 6.45) is 0. The Labute approximate surface area is 133 Å². The van der Waals surface area contributed by atoms with Crippen molar-refractivity contribution in [2.45, 2.75) is 0 Å². The summed E-state index contributed by atoms with van der Waals surface area (Å²) in [6.45, 7) is 0. The number of rotatable bonds is 4. The summed E-state index contributed by atoms with van der Waals surface area (Å²) >= 11 is 0. The zero-order chi connectivity index (χ0) is 16.2. The highest BCUT2D eigenvalue weighted by atomic mass is 16.5. The van der Waals surface area contributed by atoms with E-state index < -0.39 is 0 Å². The molecular formula is C17H15N3O3. The number of carbonyl (C=O) groups is 1. The van der Waals surface area contributed by atoms with E-state index in [1.54, 1.807) is 38.4 Å². The Morgan fingerprint density at radius 2 is 1.74 bits per heavy atom. The van der Waals surface area contributed by atoms with Crippen LogP contribution in [0.15, 0.2) is 59.0 Å². The van der Waals surface area contributed by atoms with Crippen molar-refractivity contribution in [2.75, 3.05) is 19.1 Å². The Morgan fingerprint density at radius 3 is 2.39 bits per heavy atom. The molecule has 0 N–H and O–H groups in total. The number of amides is 1. The molecule has 116 valence electrons. The fourth-order valence-electron chi connectivity index (χ4n) is 2.07. The second kappa shape index (κ2) is 6.31. The molecule has 0 aliphatic carbocycles. The maximum Gasteiger partial charge on any atom is 0.315 e. The van der Waals surface area contributed by atoms with Crippen molar-refractivity contribution in [3.63, 3.8) is 0 Å². The Kier molecular flexibility index (Phi) is 4.05. The molecule has 3 rings (SSSR count). The number of methoxy groups -OCH3 is 1. The van der Waals surface area contributed by atoms with Crippen LogP contribution in [0.3, 0.4) is 0 Å². The molecule has 6 nitrogen and oxygen atoms in total. The van der Waals surface area contributed by atoms with E-state index in [9.17, 15) is 4.79 Å². The molecule has 0 fully saturated rings. The van der Waals surface area contributed by atoms with Crippen molar-refractivity contribution < 1.29 is 13.9 Å². The summed E-state index contributed by atoms with van der Waals surface area (Å²) in [5, 5.41) is 7.78. The Balaban J connectivity index is 1.82. The van der Waals surface area contributed by atoms with Crippen LogP contribution in [0.2, 0.25) is 0 Å². The third-order valence-electron chi connectivity index (χ3n) is 3.39. The predicted molar refractivity (Wildman–Crippen MR) is 85.5 cm³/mol. The molecule has 0 saturated heterocycles. The number of ether oxygens (including phenoxy) is 1. The van der Waals surface area contributed by atoms with Gasteiger partial charge in [-0.3, -0.25) is 4.79 Å². The fourth-order valence-corrected chi connectivity index (χ4v) is 2.07. The van der Waals surface area contributed by atoms with Crippen LogP contribution >= 0.6 is 0 Å². The lowest BCUT2D eigenvalue weighted by atomic mass is 10.2. The minimum absolute atomic E-state index is 0.0535. The average molecular weight is 309 g/mol. The van der Waals surface area contributed by atoms with Crippen LogP contribution in [-0.2, 0) is 0 Å². The van der Waals surface area contributed by atoms with E-state index in [4.69, 9.17) is 9.15 Å². The zero-order valence-corrected chi connectivity index (χ0v) is 12.8. The van der Waals surface area contributed by atoms with Gasteiger partial charge in [0.05, 0.1) is 7.11 Å². The van der Waals surface area contributed by atoms with Gasteiger partial charge in [0, 0.05) is 18.3 Å². The van der Waals surface area contributed by atoms with E-state index in [0.717, 1.165) is 17.0 Å². The van der Waals surface area contributed by atoms with Gasteiger partial charge in [0.15, 0.2) is 0 Å². The molecule has 0 spiro atoms. The molecule has 3 aromatic rings. The molecular weight excluding hydrogens is 294 g/mol. The smallest absolute Gasteiger partial charge is 0.315 e. The Hall–Kier alpha value is -3.15. The molecule has 0 saturated carbocycles. The molecule has 0 radical (unpaired) electrons. The first-order chi connectivity index (χ1) is 11.2. The van der Waals surface area contributed by atoms with Crippen LogP contribution < -0.4 is 9.64 Å². The second-order valence-electron chi connectivity index (χ2n) is 4.84. The highest BCUT2D eigenvalue weighted by Gasteiger charge is 2.20. The van der Waals surface area contributed by atoms with Gasteiger partial charge in [-0.05, 0) is 36.4 Å². The van der Waals surface area contributed by atoms with Crippen LogP contribution in [-0.4, -0.2) is 30.3 Å². The lowest BCUT2D eigenvalue weighted by Crippen LogP contribution is -2.26. The number of para-hydroxylation sites is 1. The van der Waals surface area contributed by atoms with E-state index in [-0.39, 0.29) is 17.7 Å².